The van der Waals surface area contributed by atoms with Gasteiger partial charge in [-0.3, -0.25) is 9.59 Å². The molecule has 0 unspecified atom stereocenters. The Bertz CT molecular complexity index is 2190. The lowest BCUT2D eigenvalue weighted by Crippen LogP contribution is -2.19. The van der Waals surface area contributed by atoms with Gasteiger partial charge in [0.15, 0.2) is 0 Å². The molecule has 3 N–H and O–H groups in total. The third kappa shape index (κ3) is 14.9. The van der Waals surface area contributed by atoms with Crippen LogP contribution in [0.4, 0.5) is 37.7 Å². The van der Waals surface area contributed by atoms with E-state index in [-0.39, 0.29) is 74.9 Å². The van der Waals surface area contributed by atoms with Gasteiger partial charge in [-0.2, -0.15) is 26.3 Å². The molecule has 0 fully saturated rings. The molecule has 0 aliphatic carbocycles. The number of carbonyl (C=O) groups is 4. The number of hydrogen-bond acceptors (Lipinski definition) is 9. The van der Waals surface area contributed by atoms with Crippen molar-refractivity contribution in [1.82, 2.24) is 0 Å². The van der Waals surface area contributed by atoms with E-state index in [0.717, 1.165) is 12.1 Å². The zero-order valence-corrected chi connectivity index (χ0v) is 34.5. The zero-order chi connectivity index (χ0) is 45.8. The van der Waals surface area contributed by atoms with Crippen molar-refractivity contribution < 1.29 is 74.3 Å². The highest BCUT2D eigenvalue weighted by atomic mass is 19.4. The highest BCUT2D eigenvalue weighted by Crippen LogP contribution is 2.36. The van der Waals surface area contributed by atoms with E-state index >= 15 is 0 Å². The molecule has 0 radical (unpaired) electrons. The smallest absolute Gasteiger partial charge is 0.416 e. The van der Waals surface area contributed by atoms with Crippen LogP contribution in [0.2, 0.25) is 0 Å². The number of methoxy groups -OCH3 is 2. The fraction of sp³-hybridized carbons (Fsp3) is 0.349. The van der Waals surface area contributed by atoms with Crippen LogP contribution in [0.5, 0.6) is 23.0 Å². The van der Waals surface area contributed by atoms with Crippen LogP contribution in [-0.2, 0) is 39.5 Å². The number of hydrogen-bond donors (Lipinski definition) is 3. The maximum atomic E-state index is 13.4. The Kier molecular flexibility index (Phi) is 17.0. The Labute approximate surface area is 348 Å². The largest absolute Gasteiger partial charge is 0.497 e. The van der Waals surface area contributed by atoms with Crippen molar-refractivity contribution in [3.8, 4) is 23.0 Å². The fourth-order valence-electron chi connectivity index (χ4n) is 5.48. The maximum absolute atomic E-state index is 13.4. The Hall–Kier alpha value is -6.46. The Morgan fingerprint density at radius 1 is 0.574 bits per heavy atom. The Morgan fingerprint density at radius 3 is 1.31 bits per heavy atom. The molecule has 330 valence electrons. The van der Waals surface area contributed by atoms with E-state index in [9.17, 15) is 50.6 Å². The second kappa shape index (κ2) is 21.2. The zero-order valence-electron chi connectivity index (χ0n) is 34.5. The molecule has 12 nitrogen and oxygen atoms in total. The van der Waals surface area contributed by atoms with Crippen molar-refractivity contribution in [3.63, 3.8) is 0 Å². The monoisotopic (exact) mass is 864 g/mol. The van der Waals surface area contributed by atoms with Gasteiger partial charge in [-0.15, -0.1) is 0 Å². The predicted octanol–water partition coefficient (Wildman–Crippen LogP) is 9.63. The number of rotatable bonds is 15. The molecular formula is C43H46F6N2O10. The van der Waals surface area contributed by atoms with Gasteiger partial charge in [-0.05, 0) is 101 Å². The number of nitrogens with one attached hydrogen (secondary N) is 2. The van der Waals surface area contributed by atoms with Crippen molar-refractivity contribution >= 4 is 35.1 Å². The van der Waals surface area contributed by atoms with Crippen LogP contribution in [0.3, 0.4) is 0 Å². The summed E-state index contributed by atoms with van der Waals surface area (Å²) in [5.74, 6) is -2.82. The highest BCUT2D eigenvalue weighted by molar-refractivity contribution is 5.97. The van der Waals surface area contributed by atoms with E-state index in [0.29, 0.717) is 0 Å². The molecule has 0 aromatic heterocycles. The molecule has 61 heavy (non-hydrogen) atoms. The summed E-state index contributed by atoms with van der Waals surface area (Å²) in [6.45, 7) is 10.4. The van der Waals surface area contributed by atoms with Gasteiger partial charge in [0.25, 0.3) is 0 Å². The van der Waals surface area contributed by atoms with E-state index < -0.39 is 60.1 Å². The van der Waals surface area contributed by atoms with Gasteiger partial charge in [0.2, 0.25) is 11.8 Å². The number of aromatic carboxylic acids is 1. The van der Waals surface area contributed by atoms with Crippen molar-refractivity contribution in [2.45, 2.75) is 85.0 Å². The van der Waals surface area contributed by atoms with Crippen LogP contribution < -0.4 is 29.6 Å². The third-order valence-corrected chi connectivity index (χ3v) is 8.00. The quantitative estimate of drug-likeness (QED) is 0.0776. The Balaban J connectivity index is 0.000000327. The van der Waals surface area contributed by atoms with Crippen LogP contribution in [0.1, 0.15) is 84.5 Å². The van der Waals surface area contributed by atoms with Crippen LogP contribution in [0.15, 0.2) is 72.8 Å². The molecule has 4 rings (SSSR count). The molecule has 0 aliphatic heterocycles. The standard InChI is InChI=1S/C23H26F3NO5.C20H20F3NO5/c1-13(2)31-20-11-16(7-9-18(20)22(29)32-14(3)4)27-21(28)10-15-6-8-17(30-5)12-19(15)23(24,25)26;1-11(2)29-17-9-13(5-7-15(17)19(26)27)24-18(25)8-12-4-6-14(28-3)10-16(12)20(21,22)23/h6-9,11-14H,10H2,1-5H3,(H,27,28);4-7,9-11H,8H2,1-3H3,(H,24,25)(H,26,27). The van der Waals surface area contributed by atoms with E-state index in [1.165, 1.54) is 74.9 Å². The molecular weight excluding hydrogens is 818 g/mol. The summed E-state index contributed by atoms with van der Waals surface area (Å²) in [6, 6.07) is 15.0. The van der Waals surface area contributed by atoms with Crippen molar-refractivity contribution in [2.24, 2.45) is 0 Å². The van der Waals surface area contributed by atoms with Crippen LogP contribution in [0.25, 0.3) is 0 Å². The first-order valence-electron chi connectivity index (χ1n) is 18.5. The number of benzene rings is 4. The minimum Gasteiger partial charge on any atom is -0.497 e. The molecule has 0 saturated heterocycles. The molecule has 0 aliphatic rings. The maximum Gasteiger partial charge on any atom is 0.416 e. The first kappa shape index (κ1) is 48.9. The number of ether oxygens (including phenoxy) is 5. The summed E-state index contributed by atoms with van der Waals surface area (Å²) in [6.07, 6.45) is -11.2. The topological polar surface area (TPSA) is 159 Å². The molecule has 0 bridgehead atoms. The fourth-order valence-corrected chi connectivity index (χ4v) is 5.48. The van der Waals surface area contributed by atoms with E-state index in [1.807, 2.05) is 0 Å². The first-order valence-corrected chi connectivity index (χ1v) is 18.5. The number of carboxylic acids is 1. The number of halogens is 6. The average molecular weight is 865 g/mol. The minimum atomic E-state index is -4.65. The lowest BCUT2D eigenvalue weighted by molar-refractivity contribution is -0.139. The summed E-state index contributed by atoms with van der Waals surface area (Å²) in [4.78, 5) is 48.4. The third-order valence-electron chi connectivity index (χ3n) is 8.00. The van der Waals surface area contributed by atoms with Gasteiger partial charge in [0, 0.05) is 23.5 Å². The summed E-state index contributed by atoms with van der Waals surface area (Å²) in [5, 5.41) is 14.2. The number of carboxylic acid groups (broad SMARTS) is 1. The average Bonchev–Trinajstić information content (AvgIpc) is 3.13. The molecule has 0 saturated carbocycles. The summed E-state index contributed by atoms with van der Waals surface area (Å²) < 4.78 is 106. The SMILES string of the molecule is COc1ccc(CC(=O)Nc2ccc(C(=O)O)c(OC(C)C)c2)c(C(F)(F)F)c1.COc1ccc(CC(=O)Nc2ccc(C(=O)OC(C)C)c(OC(C)C)c2)c(C(F)(F)F)c1. The Morgan fingerprint density at radius 2 is 0.967 bits per heavy atom. The molecule has 0 atom stereocenters. The van der Waals surface area contributed by atoms with E-state index in [4.69, 9.17) is 23.7 Å². The van der Waals surface area contributed by atoms with Crippen molar-refractivity contribution in [1.29, 1.82) is 0 Å². The van der Waals surface area contributed by atoms with Gasteiger partial charge in [-0.1, -0.05) is 12.1 Å². The van der Waals surface area contributed by atoms with Gasteiger partial charge in [-0.25, -0.2) is 9.59 Å². The summed E-state index contributed by atoms with van der Waals surface area (Å²) in [7, 11) is 2.51. The number of anilines is 2. The van der Waals surface area contributed by atoms with Crippen LogP contribution in [0, 0.1) is 0 Å². The molecule has 18 heteroatoms. The number of esters is 1. The van der Waals surface area contributed by atoms with Gasteiger partial charge in [0.1, 0.15) is 34.1 Å². The van der Waals surface area contributed by atoms with Crippen molar-refractivity contribution in [2.75, 3.05) is 24.9 Å². The minimum absolute atomic E-state index is 0.0289. The second-order valence-electron chi connectivity index (χ2n) is 14.0. The van der Waals surface area contributed by atoms with Gasteiger partial charge < -0.3 is 39.4 Å². The lowest BCUT2D eigenvalue weighted by Gasteiger charge is -2.17. The van der Waals surface area contributed by atoms with Crippen LogP contribution in [-0.4, -0.2) is 61.4 Å². The molecule has 0 heterocycles. The van der Waals surface area contributed by atoms with E-state index in [2.05, 4.69) is 10.6 Å². The molecule has 4 aromatic rings. The van der Waals surface area contributed by atoms with Gasteiger partial charge in [0.05, 0.1) is 56.5 Å². The van der Waals surface area contributed by atoms with Crippen LogP contribution >= 0.6 is 0 Å². The first-order chi connectivity index (χ1) is 28.4. The molecule has 4 aromatic carbocycles. The molecule has 2 amide bonds. The number of amides is 2. The highest BCUT2D eigenvalue weighted by Gasteiger charge is 2.35. The lowest BCUT2D eigenvalue weighted by atomic mass is 10.0. The number of alkyl halides is 6. The summed E-state index contributed by atoms with van der Waals surface area (Å²) in [5.41, 5.74) is -1.74. The molecule has 0 spiro atoms. The van der Waals surface area contributed by atoms with E-state index in [1.54, 1.807) is 41.5 Å². The second-order valence-corrected chi connectivity index (χ2v) is 14.0. The number of carbonyl (C=O) groups excluding carboxylic acids is 3. The van der Waals surface area contributed by atoms with Gasteiger partial charge >= 0.3 is 24.3 Å². The predicted molar refractivity (Wildman–Crippen MR) is 213 cm³/mol. The normalized spacial score (nSPS) is 11.4. The summed E-state index contributed by atoms with van der Waals surface area (Å²) >= 11 is 0. The van der Waals surface area contributed by atoms with Crippen molar-refractivity contribution in [3.05, 3.63) is 106 Å².